The zero-order chi connectivity index (χ0) is 24.4. The van der Waals surface area contributed by atoms with Crippen LogP contribution in [0.2, 0.25) is 0 Å². The number of hydrogen-bond acceptors (Lipinski definition) is 4. The highest BCUT2D eigenvalue weighted by atomic mass is 16.7. The second-order valence-electron chi connectivity index (χ2n) is 10.2. The molecule has 0 heterocycles. The number of carbonyl (C=O) groups is 1. The standard InChI is InChI=1S/C29H43NO3/c1-8-9-20-32-28(31)26(23(4)24-16-12-10-13-17-24)21-33-30(29(5,6)7)27(22(2)3)25-18-14-11-15-19-25/h10-19,22-23,26-27H,8-9,20-21H2,1-7H3. The lowest BCUT2D eigenvalue weighted by molar-refractivity contribution is -0.254. The van der Waals surface area contributed by atoms with Crippen LogP contribution in [0.5, 0.6) is 0 Å². The van der Waals surface area contributed by atoms with Crippen LogP contribution in [0.15, 0.2) is 60.7 Å². The molecule has 0 saturated carbocycles. The average Bonchev–Trinajstić information content (AvgIpc) is 2.78. The Labute approximate surface area is 201 Å². The van der Waals surface area contributed by atoms with Gasteiger partial charge in [0.1, 0.15) is 0 Å². The molecule has 3 unspecified atom stereocenters. The van der Waals surface area contributed by atoms with Gasteiger partial charge in [-0.1, -0.05) is 94.8 Å². The zero-order valence-corrected chi connectivity index (χ0v) is 21.6. The number of benzene rings is 2. The monoisotopic (exact) mass is 453 g/mol. The lowest BCUT2D eigenvalue weighted by Gasteiger charge is -2.43. The first kappa shape index (κ1) is 27.1. The van der Waals surface area contributed by atoms with Crippen molar-refractivity contribution in [1.29, 1.82) is 0 Å². The Bertz CT molecular complexity index is 814. The van der Waals surface area contributed by atoms with Gasteiger partial charge in [0.25, 0.3) is 0 Å². The highest BCUT2D eigenvalue weighted by Crippen LogP contribution is 2.35. The van der Waals surface area contributed by atoms with Crippen molar-refractivity contribution in [1.82, 2.24) is 5.06 Å². The summed E-state index contributed by atoms with van der Waals surface area (Å²) >= 11 is 0. The molecule has 182 valence electrons. The molecule has 3 atom stereocenters. The van der Waals surface area contributed by atoms with Gasteiger partial charge < -0.3 is 4.74 Å². The van der Waals surface area contributed by atoms with Crippen LogP contribution in [-0.4, -0.2) is 29.8 Å². The Morgan fingerprint density at radius 1 is 0.909 bits per heavy atom. The maximum Gasteiger partial charge on any atom is 0.311 e. The van der Waals surface area contributed by atoms with Gasteiger partial charge in [-0.25, -0.2) is 0 Å². The van der Waals surface area contributed by atoms with Gasteiger partial charge in [-0.05, 0) is 50.2 Å². The van der Waals surface area contributed by atoms with Crippen LogP contribution in [0.1, 0.15) is 84.4 Å². The molecule has 2 aromatic carbocycles. The molecule has 0 N–H and O–H groups in total. The van der Waals surface area contributed by atoms with Crippen molar-refractivity contribution in [3.8, 4) is 0 Å². The van der Waals surface area contributed by atoms with Crippen LogP contribution in [0, 0.1) is 11.8 Å². The molecule has 4 nitrogen and oxygen atoms in total. The van der Waals surface area contributed by atoms with Crippen LogP contribution < -0.4 is 0 Å². The van der Waals surface area contributed by atoms with E-state index >= 15 is 0 Å². The Kier molecular flexibility index (Phi) is 10.6. The molecule has 0 spiro atoms. The molecule has 33 heavy (non-hydrogen) atoms. The summed E-state index contributed by atoms with van der Waals surface area (Å²) in [7, 11) is 0. The second-order valence-corrected chi connectivity index (χ2v) is 10.2. The number of rotatable bonds is 12. The summed E-state index contributed by atoms with van der Waals surface area (Å²) in [6.45, 7) is 15.8. The van der Waals surface area contributed by atoms with Crippen molar-refractivity contribution >= 4 is 5.97 Å². The van der Waals surface area contributed by atoms with E-state index in [2.05, 4.69) is 89.9 Å². The first-order valence-corrected chi connectivity index (χ1v) is 12.4. The minimum atomic E-state index is -0.391. The van der Waals surface area contributed by atoms with Gasteiger partial charge in [0.05, 0.1) is 25.2 Å². The quantitative estimate of drug-likeness (QED) is 0.194. The summed E-state index contributed by atoms with van der Waals surface area (Å²) in [5, 5.41) is 2.08. The first-order chi connectivity index (χ1) is 15.7. The molecular formula is C29H43NO3. The minimum absolute atomic E-state index is 0.0172. The number of carbonyl (C=O) groups excluding carboxylic acids is 1. The molecule has 0 aliphatic rings. The summed E-state index contributed by atoms with van der Waals surface area (Å²) < 4.78 is 5.66. The molecule has 4 heteroatoms. The number of esters is 1. The highest BCUT2D eigenvalue weighted by Gasteiger charge is 2.36. The number of nitrogens with zero attached hydrogens (tertiary/aromatic N) is 1. The fourth-order valence-electron chi connectivity index (χ4n) is 4.12. The van der Waals surface area contributed by atoms with E-state index in [9.17, 15) is 4.79 Å². The summed E-state index contributed by atoms with van der Waals surface area (Å²) in [4.78, 5) is 19.7. The maximum absolute atomic E-state index is 13.1. The first-order valence-electron chi connectivity index (χ1n) is 12.4. The lowest BCUT2D eigenvalue weighted by Crippen LogP contribution is -2.47. The van der Waals surface area contributed by atoms with E-state index in [4.69, 9.17) is 9.57 Å². The molecule has 0 aliphatic carbocycles. The smallest absolute Gasteiger partial charge is 0.311 e. The zero-order valence-electron chi connectivity index (χ0n) is 21.6. The SMILES string of the molecule is CCCCOC(=O)C(CON(C(c1ccccc1)C(C)C)C(C)(C)C)C(C)c1ccccc1. The predicted molar refractivity (Wildman–Crippen MR) is 136 cm³/mol. The topological polar surface area (TPSA) is 38.8 Å². The van der Waals surface area contributed by atoms with Crippen LogP contribution >= 0.6 is 0 Å². The van der Waals surface area contributed by atoms with Crippen molar-refractivity contribution in [2.24, 2.45) is 11.8 Å². The van der Waals surface area contributed by atoms with E-state index in [1.165, 1.54) is 5.56 Å². The van der Waals surface area contributed by atoms with Crippen molar-refractivity contribution in [2.45, 2.75) is 78.8 Å². The van der Waals surface area contributed by atoms with Gasteiger partial charge in [-0.15, -0.1) is 0 Å². The highest BCUT2D eigenvalue weighted by molar-refractivity contribution is 5.73. The Morgan fingerprint density at radius 2 is 1.45 bits per heavy atom. The molecule has 2 rings (SSSR count). The van der Waals surface area contributed by atoms with Gasteiger partial charge in [-0.2, -0.15) is 5.06 Å². The van der Waals surface area contributed by atoms with Crippen molar-refractivity contribution in [3.05, 3.63) is 71.8 Å². The molecule has 0 radical (unpaired) electrons. The van der Waals surface area contributed by atoms with E-state index in [1.807, 2.05) is 24.3 Å². The summed E-state index contributed by atoms with van der Waals surface area (Å²) in [5.41, 5.74) is 2.07. The molecule has 0 saturated heterocycles. The summed E-state index contributed by atoms with van der Waals surface area (Å²) in [6.07, 6.45) is 1.87. The number of hydroxylamine groups is 2. The van der Waals surface area contributed by atoms with Crippen LogP contribution in [0.3, 0.4) is 0 Å². The summed E-state index contributed by atoms with van der Waals surface area (Å²) in [5.74, 6) is -0.267. The van der Waals surface area contributed by atoms with E-state index in [1.54, 1.807) is 0 Å². The molecule has 0 aromatic heterocycles. The van der Waals surface area contributed by atoms with Crippen LogP contribution in [0.25, 0.3) is 0 Å². The fraction of sp³-hybridized carbons (Fsp3) is 0.552. The second kappa shape index (κ2) is 12.9. The normalized spacial score (nSPS) is 14.8. The lowest BCUT2D eigenvalue weighted by atomic mass is 9.88. The van der Waals surface area contributed by atoms with Gasteiger partial charge in [0.2, 0.25) is 0 Å². The molecule has 2 aromatic rings. The maximum atomic E-state index is 13.1. The predicted octanol–water partition coefficient (Wildman–Crippen LogP) is 7.18. The minimum Gasteiger partial charge on any atom is -0.465 e. The van der Waals surface area contributed by atoms with Crippen molar-refractivity contribution in [2.75, 3.05) is 13.2 Å². The van der Waals surface area contributed by atoms with Crippen molar-refractivity contribution < 1.29 is 14.4 Å². The largest absolute Gasteiger partial charge is 0.465 e. The van der Waals surface area contributed by atoms with Crippen LogP contribution in [0.4, 0.5) is 0 Å². The fourth-order valence-corrected chi connectivity index (χ4v) is 4.12. The third kappa shape index (κ3) is 7.97. The molecule has 0 fully saturated rings. The van der Waals surface area contributed by atoms with E-state index < -0.39 is 5.92 Å². The van der Waals surface area contributed by atoms with Gasteiger partial charge in [-0.3, -0.25) is 9.63 Å². The molecule has 0 bridgehead atoms. The molecule has 0 amide bonds. The van der Waals surface area contributed by atoms with Crippen LogP contribution in [-0.2, 0) is 14.4 Å². The Hall–Kier alpha value is -2.17. The van der Waals surface area contributed by atoms with Gasteiger partial charge in [0, 0.05) is 5.54 Å². The Morgan fingerprint density at radius 3 is 1.94 bits per heavy atom. The third-order valence-electron chi connectivity index (χ3n) is 6.05. The van der Waals surface area contributed by atoms with E-state index in [-0.39, 0.29) is 30.1 Å². The van der Waals surface area contributed by atoms with E-state index in [0.29, 0.717) is 12.5 Å². The van der Waals surface area contributed by atoms with Gasteiger partial charge in [0.15, 0.2) is 0 Å². The van der Waals surface area contributed by atoms with E-state index in [0.717, 1.165) is 18.4 Å². The molecular weight excluding hydrogens is 410 g/mol. The number of ether oxygens (including phenoxy) is 1. The third-order valence-corrected chi connectivity index (χ3v) is 6.05. The Balaban J connectivity index is 2.30. The average molecular weight is 454 g/mol. The van der Waals surface area contributed by atoms with Gasteiger partial charge >= 0.3 is 5.97 Å². The summed E-state index contributed by atoms with van der Waals surface area (Å²) in [6, 6.07) is 20.7. The molecule has 0 aliphatic heterocycles. The number of hydrogen-bond donors (Lipinski definition) is 0. The van der Waals surface area contributed by atoms with Crippen molar-refractivity contribution in [3.63, 3.8) is 0 Å². The number of unbranched alkanes of at least 4 members (excludes halogenated alkanes) is 1.